The van der Waals surface area contributed by atoms with E-state index in [-0.39, 0.29) is 30.7 Å². The van der Waals surface area contributed by atoms with E-state index in [0.717, 1.165) is 11.5 Å². The molecule has 1 atom stereocenters. The van der Waals surface area contributed by atoms with E-state index < -0.39 is 23.5 Å². The number of nitrogens with two attached hydrogens (primary N) is 1. The molecular formula is C30H24F2N4O3. The number of carbonyl (C=O) groups excluding carboxylic acids is 2. The number of carbonyl (C=O) groups is 2. The molecule has 3 aromatic heterocycles. The summed E-state index contributed by atoms with van der Waals surface area (Å²) in [6.07, 6.45) is 3.46. The van der Waals surface area contributed by atoms with Gasteiger partial charge in [-0.15, -0.1) is 0 Å². The maximum atomic E-state index is 14.0. The van der Waals surface area contributed by atoms with Crippen molar-refractivity contribution >= 4 is 22.7 Å². The second-order valence-electron chi connectivity index (χ2n) is 9.37. The monoisotopic (exact) mass is 526 g/mol. The predicted octanol–water partition coefficient (Wildman–Crippen LogP) is 4.75. The summed E-state index contributed by atoms with van der Waals surface area (Å²) >= 11 is 0. The highest BCUT2D eigenvalue weighted by Gasteiger charge is 2.23. The van der Waals surface area contributed by atoms with Gasteiger partial charge in [-0.25, -0.2) is 8.78 Å². The van der Waals surface area contributed by atoms with E-state index in [0.29, 0.717) is 33.6 Å². The summed E-state index contributed by atoms with van der Waals surface area (Å²) in [5.41, 5.74) is 8.30. The Bertz CT molecular complexity index is 1740. The van der Waals surface area contributed by atoms with Gasteiger partial charge in [0.05, 0.1) is 12.2 Å². The second-order valence-corrected chi connectivity index (χ2v) is 9.37. The third-order valence-electron chi connectivity index (χ3n) is 6.56. The molecule has 3 heterocycles. The molecule has 5 aromatic rings. The van der Waals surface area contributed by atoms with Crippen LogP contribution in [-0.4, -0.2) is 26.2 Å². The Morgan fingerprint density at radius 1 is 0.974 bits per heavy atom. The summed E-state index contributed by atoms with van der Waals surface area (Å²) in [5.74, 6) is -2.72. The Morgan fingerprint density at radius 3 is 2.54 bits per heavy atom. The Kier molecular flexibility index (Phi) is 7.14. The molecule has 0 unspecified atom stereocenters. The Morgan fingerprint density at radius 2 is 1.77 bits per heavy atom. The summed E-state index contributed by atoms with van der Waals surface area (Å²) in [5, 5.41) is 0.788. The van der Waals surface area contributed by atoms with Crippen LogP contribution < -0.4 is 11.3 Å². The summed E-state index contributed by atoms with van der Waals surface area (Å²) in [4.78, 5) is 44.3. The number of halogens is 2. The average Bonchev–Trinajstić information content (AvgIpc) is 3.29. The molecule has 7 nitrogen and oxygen atoms in total. The van der Waals surface area contributed by atoms with Crippen LogP contribution in [0.5, 0.6) is 0 Å². The lowest BCUT2D eigenvalue weighted by atomic mass is 9.86. The summed E-state index contributed by atoms with van der Waals surface area (Å²) in [6, 6.07) is 18.5. The molecule has 9 heteroatoms. The van der Waals surface area contributed by atoms with E-state index in [2.05, 4.69) is 9.97 Å². The van der Waals surface area contributed by atoms with Gasteiger partial charge in [-0.1, -0.05) is 18.2 Å². The maximum Gasteiger partial charge on any atom is 0.249 e. The minimum Gasteiger partial charge on any atom is -0.366 e. The molecule has 2 aromatic carbocycles. The first kappa shape index (κ1) is 25.7. The lowest BCUT2D eigenvalue weighted by Crippen LogP contribution is -2.17. The molecule has 0 aliphatic heterocycles. The number of aromatic nitrogens is 3. The molecule has 0 saturated heterocycles. The van der Waals surface area contributed by atoms with Gasteiger partial charge in [-0.2, -0.15) is 0 Å². The Hall–Kier alpha value is -4.92. The molecule has 0 aliphatic rings. The highest BCUT2D eigenvalue weighted by molar-refractivity contribution is 5.94. The number of rotatable bonds is 9. The second kappa shape index (κ2) is 10.8. The molecule has 0 bridgehead atoms. The van der Waals surface area contributed by atoms with Crippen LogP contribution in [0, 0.1) is 11.6 Å². The van der Waals surface area contributed by atoms with E-state index in [4.69, 9.17) is 5.73 Å². The van der Waals surface area contributed by atoms with Gasteiger partial charge in [0, 0.05) is 53.4 Å². The molecule has 0 spiro atoms. The van der Waals surface area contributed by atoms with Crippen molar-refractivity contribution in [1.82, 2.24) is 14.5 Å². The smallest absolute Gasteiger partial charge is 0.249 e. The SMILES string of the molecule is NC(=O)c1cccc(-c2cccnc2[C@@H](CC(=O)Cn2ccc3ccc(=O)[nH]c32)Cc2cc(F)cc(F)c2)c1. The number of H-pyrrole nitrogens is 1. The summed E-state index contributed by atoms with van der Waals surface area (Å²) < 4.78 is 29.7. The first-order valence-electron chi connectivity index (χ1n) is 12.3. The highest BCUT2D eigenvalue weighted by Crippen LogP contribution is 2.33. The Labute approximate surface area is 221 Å². The van der Waals surface area contributed by atoms with Crippen LogP contribution in [0.4, 0.5) is 8.78 Å². The van der Waals surface area contributed by atoms with E-state index in [1.54, 1.807) is 59.4 Å². The number of primary amides is 1. The summed E-state index contributed by atoms with van der Waals surface area (Å²) in [6.45, 7) is -0.0171. The fourth-order valence-electron chi connectivity index (χ4n) is 4.86. The van der Waals surface area contributed by atoms with Crippen molar-refractivity contribution < 1.29 is 18.4 Å². The molecule has 39 heavy (non-hydrogen) atoms. The molecule has 1 amide bonds. The first-order chi connectivity index (χ1) is 18.8. The number of ketones is 1. The van der Waals surface area contributed by atoms with Crippen LogP contribution in [-0.2, 0) is 17.8 Å². The van der Waals surface area contributed by atoms with Crippen LogP contribution in [0.25, 0.3) is 22.2 Å². The lowest BCUT2D eigenvalue weighted by molar-refractivity contribution is -0.120. The van der Waals surface area contributed by atoms with Gasteiger partial charge in [0.15, 0.2) is 5.78 Å². The molecule has 0 saturated carbocycles. The van der Waals surface area contributed by atoms with E-state index >= 15 is 0 Å². The minimum atomic E-state index is -0.715. The molecular weight excluding hydrogens is 502 g/mol. The number of nitrogens with zero attached hydrogens (tertiary/aromatic N) is 2. The molecule has 0 fully saturated rings. The first-order valence-corrected chi connectivity index (χ1v) is 12.3. The van der Waals surface area contributed by atoms with Gasteiger partial charge >= 0.3 is 0 Å². The van der Waals surface area contributed by atoms with Crippen LogP contribution in [0.1, 0.15) is 34.0 Å². The fraction of sp³-hybridized carbons (Fsp3) is 0.133. The minimum absolute atomic E-state index is 0.00833. The number of pyridine rings is 2. The quantitative estimate of drug-likeness (QED) is 0.289. The number of hydrogen-bond donors (Lipinski definition) is 2. The molecule has 0 radical (unpaired) electrons. The molecule has 0 aliphatic carbocycles. The van der Waals surface area contributed by atoms with Crippen LogP contribution in [0.3, 0.4) is 0 Å². The third-order valence-corrected chi connectivity index (χ3v) is 6.56. The largest absolute Gasteiger partial charge is 0.366 e. The van der Waals surface area contributed by atoms with Crippen LogP contribution in [0.15, 0.2) is 90.0 Å². The average molecular weight is 527 g/mol. The third kappa shape index (κ3) is 5.82. The van der Waals surface area contributed by atoms with Crippen molar-refractivity contribution in [2.24, 2.45) is 5.73 Å². The van der Waals surface area contributed by atoms with Crippen molar-refractivity contribution in [3.63, 3.8) is 0 Å². The van der Waals surface area contributed by atoms with Crippen molar-refractivity contribution in [1.29, 1.82) is 0 Å². The molecule has 3 N–H and O–H groups in total. The topological polar surface area (TPSA) is 111 Å². The number of fused-ring (bicyclic) bond motifs is 1. The highest BCUT2D eigenvalue weighted by atomic mass is 19.1. The lowest BCUT2D eigenvalue weighted by Gasteiger charge is -2.20. The number of benzene rings is 2. The Balaban J connectivity index is 1.52. The zero-order valence-corrected chi connectivity index (χ0v) is 20.7. The predicted molar refractivity (Wildman–Crippen MR) is 143 cm³/mol. The van der Waals surface area contributed by atoms with E-state index in [1.165, 1.54) is 18.2 Å². The van der Waals surface area contributed by atoms with Crippen molar-refractivity contribution in [3.8, 4) is 11.1 Å². The standard InChI is InChI=1S/C30H24F2N4O3/c31-23-12-18(13-24(32)16-23)11-22(15-25(37)17-36-10-8-19-6-7-27(38)35-30(19)36)28-26(5-2-9-34-28)20-3-1-4-21(14-20)29(33)39/h1-10,12-14,16,22H,11,15,17H2,(H2,33,39)(H,35,38)/t22-/m1/s1. The van der Waals surface area contributed by atoms with Gasteiger partial charge < -0.3 is 15.3 Å². The maximum absolute atomic E-state index is 14.0. The van der Waals surface area contributed by atoms with Gasteiger partial charge in [-0.05, 0) is 60.0 Å². The van der Waals surface area contributed by atoms with E-state index in [9.17, 15) is 23.2 Å². The van der Waals surface area contributed by atoms with Crippen molar-refractivity contribution in [2.75, 3.05) is 0 Å². The molecule has 196 valence electrons. The molecule has 5 rings (SSSR count). The zero-order valence-electron chi connectivity index (χ0n) is 20.7. The number of aromatic amines is 1. The number of hydrogen-bond acceptors (Lipinski definition) is 4. The zero-order chi connectivity index (χ0) is 27.5. The van der Waals surface area contributed by atoms with E-state index in [1.807, 2.05) is 6.07 Å². The number of nitrogens with one attached hydrogen (secondary N) is 1. The summed E-state index contributed by atoms with van der Waals surface area (Å²) in [7, 11) is 0. The van der Waals surface area contributed by atoms with Gasteiger partial charge in [0.2, 0.25) is 11.5 Å². The number of Topliss-reactive ketones (excluding diaryl/α,β-unsaturated/α-hetero) is 1. The van der Waals surface area contributed by atoms with Crippen molar-refractivity contribution in [3.05, 3.63) is 124 Å². The normalized spacial score (nSPS) is 11.9. The van der Waals surface area contributed by atoms with Crippen LogP contribution >= 0.6 is 0 Å². The fourth-order valence-corrected chi connectivity index (χ4v) is 4.86. The van der Waals surface area contributed by atoms with Gasteiger partial charge in [-0.3, -0.25) is 19.4 Å². The van der Waals surface area contributed by atoms with Crippen molar-refractivity contribution in [2.45, 2.75) is 25.3 Å². The van der Waals surface area contributed by atoms with Gasteiger partial charge in [0.25, 0.3) is 0 Å². The number of amides is 1. The van der Waals surface area contributed by atoms with Crippen LogP contribution in [0.2, 0.25) is 0 Å². The van der Waals surface area contributed by atoms with Gasteiger partial charge in [0.1, 0.15) is 17.3 Å².